The summed E-state index contributed by atoms with van der Waals surface area (Å²) in [5.74, 6) is -6.68. The van der Waals surface area contributed by atoms with Crippen molar-refractivity contribution in [2.24, 2.45) is 23.3 Å². The highest BCUT2D eigenvalue weighted by molar-refractivity contribution is 5.95. The van der Waals surface area contributed by atoms with Crippen LogP contribution in [0.15, 0.2) is 0 Å². The van der Waals surface area contributed by atoms with Crippen LogP contribution in [-0.2, 0) is 28.8 Å². The van der Waals surface area contributed by atoms with E-state index in [1.165, 1.54) is 0 Å². The maximum atomic E-state index is 12.8. The lowest BCUT2D eigenvalue weighted by Crippen LogP contribution is -2.58. The number of rotatable bonds is 14. The molecule has 9 N–H and O–H groups in total. The Morgan fingerprint density at radius 3 is 1.72 bits per heavy atom. The van der Waals surface area contributed by atoms with Gasteiger partial charge in [0.2, 0.25) is 23.6 Å². The van der Waals surface area contributed by atoms with Crippen molar-refractivity contribution >= 4 is 35.6 Å². The van der Waals surface area contributed by atoms with E-state index in [1.54, 1.807) is 27.7 Å². The summed E-state index contributed by atoms with van der Waals surface area (Å²) in [5, 5.41) is 24.9. The fourth-order valence-corrected chi connectivity index (χ4v) is 2.72. The number of nitrogens with one attached hydrogen (secondary N) is 3. The van der Waals surface area contributed by atoms with Gasteiger partial charge in [-0.15, -0.1) is 0 Å². The summed E-state index contributed by atoms with van der Waals surface area (Å²) in [5.41, 5.74) is 10.6. The van der Waals surface area contributed by atoms with Crippen molar-refractivity contribution in [3.05, 3.63) is 0 Å². The minimum atomic E-state index is -1.68. The van der Waals surface area contributed by atoms with E-state index in [-0.39, 0.29) is 12.3 Å². The SMILES string of the molecule is CC(C)CC(NC(=O)C(N)CC(N)=O)C(=O)NC(C(=O)NC(CC(=O)O)C(=O)O)C(C)C. The zero-order chi connectivity index (χ0) is 25.2. The molecule has 4 unspecified atom stereocenters. The molecule has 182 valence electrons. The maximum Gasteiger partial charge on any atom is 0.326 e. The molecule has 0 bridgehead atoms. The quantitative estimate of drug-likeness (QED) is 0.151. The molecule has 0 saturated carbocycles. The van der Waals surface area contributed by atoms with Crippen LogP contribution in [0.4, 0.5) is 0 Å². The number of nitrogens with two attached hydrogens (primary N) is 2. The average molecular weight is 460 g/mol. The number of carboxylic acids is 2. The van der Waals surface area contributed by atoms with Gasteiger partial charge < -0.3 is 37.6 Å². The predicted molar refractivity (Wildman–Crippen MR) is 112 cm³/mol. The Morgan fingerprint density at radius 2 is 1.31 bits per heavy atom. The lowest BCUT2D eigenvalue weighted by atomic mass is 9.99. The van der Waals surface area contributed by atoms with Crippen LogP contribution in [0.5, 0.6) is 0 Å². The number of primary amides is 1. The van der Waals surface area contributed by atoms with Gasteiger partial charge >= 0.3 is 11.9 Å². The largest absolute Gasteiger partial charge is 0.481 e. The first-order valence-electron chi connectivity index (χ1n) is 10.0. The van der Waals surface area contributed by atoms with E-state index in [0.717, 1.165) is 0 Å². The van der Waals surface area contributed by atoms with Gasteiger partial charge in [-0.1, -0.05) is 27.7 Å². The van der Waals surface area contributed by atoms with Crippen LogP contribution in [0.3, 0.4) is 0 Å². The van der Waals surface area contributed by atoms with Crippen molar-refractivity contribution in [2.45, 2.75) is 71.1 Å². The molecule has 0 aliphatic carbocycles. The van der Waals surface area contributed by atoms with E-state index >= 15 is 0 Å². The Bertz CT molecular complexity index is 725. The molecule has 13 nitrogen and oxygen atoms in total. The van der Waals surface area contributed by atoms with E-state index in [9.17, 15) is 28.8 Å². The summed E-state index contributed by atoms with van der Waals surface area (Å²) in [7, 11) is 0. The minimum absolute atomic E-state index is 0.0447. The summed E-state index contributed by atoms with van der Waals surface area (Å²) in [6.45, 7) is 6.78. The summed E-state index contributed by atoms with van der Waals surface area (Å²) in [6.07, 6.45) is -1.08. The third-order valence-corrected chi connectivity index (χ3v) is 4.34. The lowest BCUT2D eigenvalue weighted by molar-refractivity contribution is -0.147. The number of carbonyl (C=O) groups excluding carboxylic acids is 4. The highest BCUT2D eigenvalue weighted by atomic mass is 16.4. The second-order valence-corrected chi connectivity index (χ2v) is 8.20. The Kier molecular flexibility index (Phi) is 11.9. The van der Waals surface area contributed by atoms with Gasteiger partial charge in [0.15, 0.2) is 0 Å². The first-order valence-corrected chi connectivity index (χ1v) is 10.0. The Balaban J connectivity index is 5.45. The standard InChI is InChI=1S/C19H33N5O8/c1-8(2)5-11(22-16(28)10(20)6-13(21)25)17(29)24-15(9(3)4)18(30)23-12(19(31)32)7-14(26)27/h8-12,15H,5-7,20H2,1-4H3,(H2,21,25)(H,22,28)(H,23,30)(H,24,29)(H,26,27)(H,31,32). The van der Waals surface area contributed by atoms with Crippen molar-refractivity contribution < 1.29 is 39.0 Å². The van der Waals surface area contributed by atoms with E-state index in [2.05, 4.69) is 16.0 Å². The number of amides is 4. The summed E-state index contributed by atoms with van der Waals surface area (Å²) >= 11 is 0. The van der Waals surface area contributed by atoms with Gasteiger partial charge in [0.25, 0.3) is 0 Å². The van der Waals surface area contributed by atoms with Gasteiger partial charge in [0.05, 0.1) is 18.9 Å². The normalized spacial score (nSPS) is 14.7. The lowest BCUT2D eigenvalue weighted by Gasteiger charge is -2.27. The second kappa shape index (κ2) is 13.2. The number of carbonyl (C=O) groups is 6. The van der Waals surface area contributed by atoms with Gasteiger partial charge in [-0.05, 0) is 18.3 Å². The Hall–Kier alpha value is -3.22. The zero-order valence-electron chi connectivity index (χ0n) is 18.6. The average Bonchev–Trinajstić information content (AvgIpc) is 2.62. The fraction of sp³-hybridized carbons (Fsp3) is 0.684. The summed E-state index contributed by atoms with van der Waals surface area (Å²) in [4.78, 5) is 70.6. The van der Waals surface area contributed by atoms with E-state index < -0.39 is 78.5 Å². The van der Waals surface area contributed by atoms with Gasteiger partial charge in [-0.25, -0.2) is 4.79 Å². The van der Waals surface area contributed by atoms with E-state index in [4.69, 9.17) is 21.7 Å². The molecule has 0 aromatic heterocycles. The van der Waals surface area contributed by atoms with Crippen LogP contribution in [0.2, 0.25) is 0 Å². The highest BCUT2D eigenvalue weighted by Gasteiger charge is 2.32. The van der Waals surface area contributed by atoms with Crippen LogP contribution in [-0.4, -0.2) is 69.9 Å². The molecule has 0 heterocycles. The molecule has 4 atom stereocenters. The molecule has 0 aliphatic heterocycles. The van der Waals surface area contributed by atoms with Crippen LogP contribution in [0, 0.1) is 11.8 Å². The molecule has 0 spiro atoms. The van der Waals surface area contributed by atoms with Gasteiger partial charge in [0.1, 0.15) is 18.1 Å². The molecule has 0 fully saturated rings. The van der Waals surface area contributed by atoms with Gasteiger partial charge in [0, 0.05) is 0 Å². The van der Waals surface area contributed by atoms with Gasteiger partial charge in [-0.2, -0.15) is 0 Å². The minimum Gasteiger partial charge on any atom is -0.481 e. The molecule has 0 aromatic carbocycles. The molecule has 0 rings (SSSR count). The van der Waals surface area contributed by atoms with Crippen LogP contribution >= 0.6 is 0 Å². The molecule has 0 aromatic rings. The molecule has 32 heavy (non-hydrogen) atoms. The molecule has 0 aliphatic rings. The van der Waals surface area contributed by atoms with Crippen LogP contribution < -0.4 is 27.4 Å². The van der Waals surface area contributed by atoms with E-state index in [0.29, 0.717) is 0 Å². The first-order chi connectivity index (χ1) is 14.6. The number of aliphatic carboxylic acids is 2. The van der Waals surface area contributed by atoms with Crippen LogP contribution in [0.1, 0.15) is 47.0 Å². The molecule has 0 radical (unpaired) electrons. The smallest absolute Gasteiger partial charge is 0.326 e. The van der Waals surface area contributed by atoms with E-state index in [1.807, 2.05) is 0 Å². The topological polar surface area (TPSA) is 231 Å². The maximum absolute atomic E-state index is 12.8. The monoisotopic (exact) mass is 459 g/mol. The number of carboxylic acid groups (broad SMARTS) is 2. The molecular formula is C19H33N5O8. The Labute approximate surface area is 185 Å². The van der Waals surface area contributed by atoms with Crippen molar-refractivity contribution in [1.29, 1.82) is 0 Å². The molecule has 13 heteroatoms. The van der Waals surface area contributed by atoms with Gasteiger partial charge in [-0.3, -0.25) is 24.0 Å². The summed E-state index contributed by atoms with van der Waals surface area (Å²) < 4.78 is 0. The van der Waals surface area contributed by atoms with Crippen molar-refractivity contribution in [1.82, 2.24) is 16.0 Å². The third-order valence-electron chi connectivity index (χ3n) is 4.34. The third kappa shape index (κ3) is 10.7. The second-order valence-electron chi connectivity index (χ2n) is 8.20. The molecular weight excluding hydrogens is 426 g/mol. The number of hydrogen-bond acceptors (Lipinski definition) is 7. The highest BCUT2D eigenvalue weighted by Crippen LogP contribution is 2.09. The van der Waals surface area contributed by atoms with Crippen molar-refractivity contribution in [2.75, 3.05) is 0 Å². The zero-order valence-corrected chi connectivity index (χ0v) is 18.6. The Morgan fingerprint density at radius 1 is 0.781 bits per heavy atom. The molecule has 0 saturated heterocycles. The van der Waals surface area contributed by atoms with Crippen molar-refractivity contribution in [3.63, 3.8) is 0 Å². The van der Waals surface area contributed by atoms with Crippen molar-refractivity contribution in [3.8, 4) is 0 Å². The fourth-order valence-electron chi connectivity index (χ4n) is 2.72. The summed E-state index contributed by atoms with van der Waals surface area (Å²) in [6, 6.07) is -5.24. The number of hydrogen-bond donors (Lipinski definition) is 7. The van der Waals surface area contributed by atoms with Crippen LogP contribution in [0.25, 0.3) is 0 Å². The molecule has 4 amide bonds. The first kappa shape index (κ1) is 28.8. The predicted octanol–water partition coefficient (Wildman–Crippen LogP) is -2.10.